The Morgan fingerprint density at radius 1 is 1.07 bits per heavy atom. The third kappa shape index (κ3) is 4.48. The molecule has 0 atom stereocenters. The summed E-state index contributed by atoms with van der Waals surface area (Å²) in [6.45, 7) is 3.67. The second kappa shape index (κ2) is 8.22. The lowest BCUT2D eigenvalue weighted by Gasteiger charge is -2.15. The Bertz CT molecular complexity index is 1070. The number of aromatic nitrogens is 4. The second-order valence-electron chi connectivity index (χ2n) is 7.07. The van der Waals surface area contributed by atoms with Gasteiger partial charge in [0.2, 0.25) is 5.91 Å². The number of carbonyl (C=O) groups excluding carboxylic acids is 1. The van der Waals surface area contributed by atoms with E-state index >= 15 is 0 Å². The van der Waals surface area contributed by atoms with Gasteiger partial charge in [-0.05, 0) is 50.1 Å². The van der Waals surface area contributed by atoms with E-state index in [1.807, 2.05) is 30.3 Å². The Kier molecular flexibility index (Phi) is 5.33. The molecule has 1 fully saturated rings. The van der Waals surface area contributed by atoms with Gasteiger partial charge in [-0.3, -0.25) is 9.59 Å². The van der Waals surface area contributed by atoms with Crippen LogP contribution in [0.4, 0.5) is 11.5 Å². The molecule has 29 heavy (non-hydrogen) atoms. The summed E-state index contributed by atoms with van der Waals surface area (Å²) in [6.07, 6.45) is 2.38. The number of anilines is 2. The number of amides is 1. The fourth-order valence-electron chi connectivity index (χ4n) is 3.35. The minimum atomic E-state index is -0.321. The molecule has 0 unspecified atom stereocenters. The molecule has 3 aromatic rings. The maximum absolute atomic E-state index is 12.3. The van der Waals surface area contributed by atoms with E-state index in [-0.39, 0.29) is 18.0 Å². The lowest BCUT2D eigenvalue weighted by Crippen LogP contribution is -2.29. The molecule has 1 amide bonds. The normalized spacial score (nSPS) is 13.5. The summed E-state index contributed by atoms with van der Waals surface area (Å²) in [7, 11) is 0. The molecule has 0 spiro atoms. The molecule has 8 heteroatoms. The number of nitrogens with one attached hydrogen (secondary N) is 1. The Labute approximate surface area is 168 Å². The van der Waals surface area contributed by atoms with Crippen molar-refractivity contribution < 1.29 is 4.79 Å². The molecular formula is C21H22N6O2. The van der Waals surface area contributed by atoms with Gasteiger partial charge < -0.3 is 10.2 Å². The molecule has 1 saturated heterocycles. The number of hydrogen-bond donors (Lipinski definition) is 1. The average molecular weight is 390 g/mol. The molecule has 1 aliphatic heterocycles. The average Bonchev–Trinajstić information content (AvgIpc) is 3.26. The molecular weight excluding hydrogens is 368 g/mol. The van der Waals surface area contributed by atoms with Crippen LogP contribution in [0.5, 0.6) is 0 Å². The lowest BCUT2D eigenvalue weighted by atomic mass is 10.1. The van der Waals surface area contributed by atoms with Crippen LogP contribution in [0.15, 0.2) is 53.3 Å². The van der Waals surface area contributed by atoms with Crippen LogP contribution in [0.25, 0.3) is 11.3 Å². The van der Waals surface area contributed by atoms with Gasteiger partial charge in [0.25, 0.3) is 5.56 Å². The minimum Gasteiger partial charge on any atom is -0.355 e. The van der Waals surface area contributed by atoms with Gasteiger partial charge in [0, 0.05) is 30.4 Å². The van der Waals surface area contributed by atoms with Crippen LogP contribution >= 0.6 is 0 Å². The molecule has 1 aromatic carbocycles. The van der Waals surface area contributed by atoms with Gasteiger partial charge in [0.1, 0.15) is 6.54 Å². The topological polar surface area (TPSA) is 93.0 Å². The first-order chi connectivity index (χ1) is 14.1. The highest BCUT2D eigenvalue weighted by atomic mass is 16.2. The van der Waals surface area contributed by atoms with Gasteiger partial charge >= 0.3 is 0 Å². The monoisotopic (exact) mass is 390 g/mol. The molecule has 3 heterocycles. The van der Waals surface area contributed by atoms with E-state index in [2.05, 4.69) is 25.5 Å². The predicted molar refractivity (Wildman–Crippen MR) is 111 cm³/mol. The Balaban J connectivity index is 1.46. The van der Waals surface area contributed by atoms with E-state index in [0.29, 0.717) is 11.4 Å². The predicted octanol–water partition coefficient (Wildman–Crippen LogP) is 2.25. The largest absolute Gasteiger partial charge is 0.355 e. The Morgan fingerprint density at radius 2 is 1.90 bits per heavy atom. The van der Waals surface area contributed by atoms with Crippen LogP contribution in [0.3, 0.4) is 0 Å². The fourth-order valence-corrected chi connectivity index (χ4v) is 3.35. The number of hydrogen-bond acceptors (Lipinski definition) is 6. The number of rotatable bonds is 5. The van der Waals surface area contributed by atoms with E-state index in [1.165, 1.54) is 18.9 Å². The van der Waals surface area contributed by atoms with Gasteiger partial charge in [0.05, 0.1) is 11.4 Å². The molecule has 2 aromatic heterocycles. The van der Waals surface area contributed by atoms with Crippen molar-refractivity contribution in [3.05, 3.63) is 64.6 Å². The highest BCUT2D eigenvalue weighted by molar-refractivity contribution is 5.91. The van der Waals surface area contributed by atoms with E-state index in [1.54, 1.807) is 19.1 Å². The third-order valence-corrected chi connectivity index (χ3v) is 4.82. The van der Waals surface area contributed by atoms with E-state index in [4.69, 9.17) is 0 Å². The van der Waals surface area contributed by atoms with Gasteiger partial charge in [-0.2, -0.15) is 5.10 Å². The molecule has 0 bridgehead atoms. The third-order valence-electron chi connectivity index (χ3n) is 4.82. The fraction of sp³-hybridized carbons (Fsp3) is 0.286. The van der Waals surface area contributed by atoms with Crippen molar-refractivity contribution in [1.29, 1.82) is 0 Å². The highest BCUT2D eigenvalue weighted by Gasteiger charge is 2.14. The molecule has 1 aliphatic rings. The molecule has 0 aliphatic carbocycles. The van der Waals surface area contributed by atoms with Crippen LogP contribution in [0.2, 0.25) is 0 Å². The maximum atomic E-state index is 12.3. The van der Waals surface area contributed by atoms with E-state index in [9.17, 15) is 9.59 Å². The SMILES string of the molecule is Cc1ccc(=O)n(CC(=O)Nc2cccc(-c3ccc(N4CCCC4)nn3)c2)n1. The van der Waals surface area contributed by atoms with Crippen molar-refractivity contribution in [3.8, 4) is 11.3 Å². The quantitative estimate of drug-likeness (QED) is 0.718. The standard InChI is InChI=1S/C21H22N6O2/c1-15-7-10-21(29)27(25-15)14-20(28)22-17-6-4-5-16(13-17)18-8-9-19(24-23-18)26-11-2-3-12-26/h4-10,13H,2-3,11-12,14H2,1H3,(H,22,28). The molecule has 0 radical (unpaired) electrons. The van der Waals surface area contributed by atoms with Gasteiger partial charge in [0.15, 0.2) is 5.82 Å². The first kappa shape index (κ1) is 18.8. The van der Waals surface area contributed by atoms with Crippen molar-refractivity contribution in [1.82, 2.24) is 20.0 Å². The zero-order chi connectivity index (χ0) is 20.2. The minimum absolute atomic E-state index is 0.144. The molecule has 4 rings (SSSR count). The molecule has 1 N–H and O–H groups in total. The maximum Gasteiger partial charge on any atom is 0.267 e. The van der Waals surface area contributed by atoms with Crippen molar-refractivity contribution in [3.63, 3.8) is 0 Å². The number of carbonyl (C=O) groups is 1. The van der Waals surface area contributed by atoms with Gasteiger partial charge in [-0.1, -0.05) is 12.1 Å². The van der Waals surface area contributed by atoms with Gasteiger partial charge in [-0.25, -0.2) is 4.68 Å². The summed E-state index contributed by atoms with van der Waals surface area (Å²) in [4.78, 5) is 26.4. The summed E-state index contributed by atoms with van der Waals surface area (Å²) < 4.78 is 1.15. The summed E-state index contributed by atoms with van der Waals surface area (Å²) in [6, 6.07) is 14.3. The van der Waals surface area contributed by atoms with E-state index < -0.39 is 0 Å². The van der Waals surface area contributed by atoms with Crippen molar-refractivity contribution >= 4 is 17.4 Å². The summed E-state index contributed by atoms with van der Waals surface area (Å²) in [5, 5.41) is 15.6. The van der Waals surface area contributed by atoms with Crippen LogP contribution in [-0.4, -0.2) is 39.0 Å². The van der Waals surface area contributed by atoms with Crippen LogP contribution in [0, 0.1) is 6.92 Å². The van der Waals surface area contributed by atoms with Crippen molar-refractivity contribution in [2.75, 3.05) is 23.3 Å². The Hall–Kier alpha value is -3.55. The summed E-state index contributed by atoms with van der Waals surface area (Å²) in [5.41, 5.74) is 2.58. The number of nitrogens with zero attached hydrogens (tertiary/aromatic N) is 5. The Morgan fingerprint density at radius 3 is 2.66 bits per heavy atom. The summed E-state index contributed by atoms with van der Waals surface area (Å²) >= 11 is 0. The van der Waals surface area contributed by atoms with Crippen molar-refractivity contribution in [2.24, 2.45) is 0 Å². The number of aryl methyl sites for hydroxylation is 1. The van der Waals surface area contributed by atoms with E-state index in [0.717, 1.165) is 34.8 Å². The zero-order valence-electron chi connectivity index (χ0n) is 16.2. The number of benzene rings is 1. The first-order valence-corrected chi connectivity index (χ1v) is 9.62. The first-order valence-electron chi connectivity index (χ1n) is 9.62. The molecule has 8 nitrogen and oxygen atoms in total. The van der Waals surface area contributed by atoms with Crippen LogP contribution in [-0.2, 0) is 11.3 Å². The van der Waals surface area contributed by atoms with Crippen molar-refractivity contribution in [2.45, 2.75) is 26.3 Å². The van der Waals surface area contributed by atoms with Crippen LogP contribution in [0.1, 0.15) is 18.5 Å². The van der Waals surface area contributed by atoms with Crippen LogP contribution < -0.4 is 15.8 Å². The molecule has 148 valence electrons. The highest BCUT2D eigenvalue weighted by Crippen LogP contribution is 2.23. The summed E-state index contributed by atoms with van der Waals surface area (Å²) in [5.74, 6) is 0.574. The lowest BCUT2D eigenvalue weighted by molar-refractivity contribution is -0.117. The zero-order valence-corrected chi connectivity index (χ0v) is 16.2. The molecule has 0 saturated carbocycles. The smallest absolute Gasteiger partial charge is 0.267 e. The second-order valence-corrected chi connectivity index (χ2v) is 7.07. The van der Waals surface area contributed by atoms with Gasteiger partial charge in [-0.15, -0.1) is 10.2 Å².